The molecule has 0 heterocycles. The second-order valence-corrected chi connectivity index (χ2v) is 4.76. The third kappa shape index (κ3) is 3.11. The maximum atomic E-state index is 13.7. The van der Waals surface area contributed by atoms with Crippen LogP contribution >= 0.6 is 23.2 Å². The molecule has 98 valence electrons. The summed E-state index contributed by atoms with van der Waals surface area (Å²) in [5, 5.41) is -0.181. The monoisotopic (exact) mass is 300 g/mol. The molecule has 0 fully saturated rings. The van der Waals surface area contributed by atoms with Gasteiger partial charge in [-0.05, 0) is 29.8 Å². The molecule has 0 saturated heterocycles. The first-order chi connectivity index (χ1) is 8.99. The highest BCUT2D eigenvalue weighted by Crippen LogP contribution is 2.21. The van der Waals surface area contributed by atoms with Crippen molar-refractivity contribution >= 4 is 29.0 Å². The Morgan fingerprint density at radius 3 is 2.47 bits per heavy atom. The summed E-state index contributed by atoms with van der Waals surface area (Å²) in [6.07, 6.45) is -0.0722. The maximum Gasteiger partial charge on any atom is 0.170 e. The van der Waals surface area contributed by atoms with E-state index in [1.807, 2.05) is 0 Å². The number of halogens is 4. The fourth-order valence-corrected chi connectivity index (χ4v) is 2.03. The van der Waals surface area contributed by atoms with E-state index >= 15 is 0 Å². The third-order valence-corrected chi connectivity index (χ3v) is 3.18. The molecule has 5 heteroatoms. The molecule has 2 aromatic carbocycles. The predicted molar refractivity (Wildman–Crippen MR) is 70.9 cm³/mol. The number of carbonyl (C=O) groups is 1. The van der Waals surface area contributed by atoms with Crippen LogP contribution in [0.2, 0.25) is 10.0 Å². The van der Waals surface area contributed by atoms with Gasteiger partial charge in [0.2, 0.25) is 0 Å². The van der Waals surface area contributed by atoms with E-state index in [0.717, 1.165) is 0 Å². The van der Waals surface area contributed by atoms with Gasteiger partial charge in [-0.3, -0.25) is 4.79 Å². The van der Waals surface area contributed by atoms with E-state index in [4.69, 9.17) is 23.2 Å². The fraction of sp³-hybridized carbons (Fsp3) is 0.0714. The van der Waals surface area contributed by atoms with Crippen LogP contribution in [0.15, 0.2) is 36.4 Å². The van der Waals surface area contributed by atoms with Crippen molar-refractivity contribution in [2.24, 2.45) is 0 Å². The quantitative estimate of drug-likeness (QED) is 0.751. The van der Waals surface area contributed by atoms with E-state index in [9.17, 15) is 13.6 Å². The van der Waals surface area contributed by atoms with Gasteiger partial charge in [-0.2, -0.15) is 0 Å². The van der Waals surface area contributed by atoms with Crippen LogP contribution in [0.5, 0.6) is 0 Å². The minimum absolute atomic E-state index is 0.0722. The molecule has 0 aliphatic rings. The number of rotatable bonds is 3. The SMILES string of the molecule is O=C(Cc1ccc(F)c(Cl)c1)c1cccc(Cl)c1F. The molecule has 0 bridgehead atoms. The zero-order valence-electron chi connectivity index (χ0n) is 9.59. The van der Waals surface area contributed by atoms with E-state index in [2.05, 4.69) is 0 Å². The van der Waals surface area contributed by atoms with E-state index in [1.54, 1.807) is 0 Å². The first-order valence-electron chi connectivity index (χ1n) is 5.40. The lowest BCUT2D eigenvalue weighted by Crippen LogP contribution is -2.06. The summed E-state index contributed by atoms with van der Waals surface area (Å²) in [6, 6.07) is 8.16. The van der Waals surface area contributed by atoms with Gasteiger partial charge >= 0.3 is 0 Å². The van der Waals surface area contributed by atoms with Gasteiger partial charge in [0.1, 0.15) is 5.82 Å². The largest absolute Gasteiger partial charge is 0.294 e. The number of hydrogen-bond donors (Lipinski definition) is 0. The number of carbonyl (C=O) groups excluding carboxylic acids is 1. The average molecular weight is 301 g/mol. The molecular weight excluding hydrogens is 293 g/mol. The summed E-state index contributed by atoms with van der Waals surface area (Å²) in [4.78, 5) is 11.9. The molecule has 0 N–H and O–H groups in total. The summed E-state index contributed by atoms with van der Waals surface area (Å²) in [5.41, 5.74) is 0.420. The standard InChI is InChI=1S/C14H8Cl2F2O/c15-10-3-1-2-9(14(10)18)13(19)7-8-4-5-12(17)11(16)6-8/h1-6H,7H2. The molecule has 1 nitrogen and oxygen atoms in total. The van der Waals surface area contributed by atoms with Crippen molar-refractivity contribution in [3.8, 4) is 0 Å². The van der Waals surface area contributed by atoms with E-state index in [1.165, 1.54) is 36.4 Å². The van der Waals surface area contributed by atoms with Crippen LogP contribution in [0.25, 0.3) is 0 Å². The summed E-state index contributed by atoms with van der Waals surface area (Å²) in [7, 11) is 0. The predicted octanol–water partition coefficient (Wildman–Crippen LogP) is 4.70. The number of benzene rings is 2. The Morgan fingerprint density at radius 1 is 1.05 bits per heavy atom. The molecule has 0 aromatic heterocycles. The minimum atomic E-state index is -0.748. The number of ketones is 1. The zero-order valence-corrected chi connectivity index (χ0v) is 11.1. The third-order valence-electron chi connectivity index (χ3n) is 2.60. The van der Waals surface area contributed by atoms with E-state index < -0.39 is 17.4 Å². The van der Waals surface area contributed by atoms with Crippen molar-refractivity contribution in [1.29, 1.82) is 0 Å². The van der Waals surface area contributed by atoms with Crippen molar-refractivity contribution in [3.63, 3.8) is 0 Å². The number of Topliss-reactive ketones (excluding diaryl/α,β-unsaturated/α-hetero) is 1. The Bertz CT molecular complexity index is 641. The Labute approximate surface area is 118 Å². The van der Waals surface area contributed by atoms with Gasteiger partial charge in [-0.25, -0.2) is 8.78 Å². The summed E-state index contributed by atoms with van der Waals surface area (Å²) in [6.45, 7) is 0. The summed E-state index contributed by atoms with van der Waals surface area (Å²) in [5.74, 6) is -1.75. The molecule has 0 amide bonds. The molecule has 0 unspecified atom stereocenters. The Kier molecular flexibility index (Phi) is 4.17. The van der Waals surface area contributed by atoms with Crippen molar-refractivity contribution in [3.05, 3.63) is 69.2 Å². The molecule has 19 heavy (non-hydrogen) atoms. The lowest BCUT2D eigenvalue weighted by molar-refractivity contribution is 0.0989. The van der Waals surface area contributed by atoms with Gasteiger partial charge in [0, 0.05) is 6.42 Å². The normalized spacial score (nSPS) is 10.5. The van der Waals surface area contributed by atoms with Gasteiger partial charge < -0.3 is 0 Å². The Balaban J connectivity index is 2.26. The van der Waals surface area contributed by atoms with Crippen LogP contribution in [-0.4, -0.2) is 5.78 Å². The van der Waals surface area contributed by atoms with Gasteiger partial charge in [0.05, 0.1) is 15.6 Å². The molecule has 0 aliphatic carbocycles. The van der Waals surface area contributed by atoms with Gasteiger partial charge in [-0.1, -0.05) is 35.3 Å². The maximum absolute atomic E-state index is 13.7. The first kappa shape index (κ1) is 14.0. The first-order valence-corrected chi connectivity index (χ1v) is 6.16. The zero-order chi connectivity index (χ0) is 14.0. The minimum Gasteiger partial charge on any atom is -0.294 e. The number of hydrogen-bond acceptors (Lipinski definition) is 1. The topological polar surface area (TPSA) is 17.1 Å². The van der Waals surface area contributed by atoms with Gasteiger partial charge in [-0.15, -0.1) is 0 Å². The average Bonchev–Trinajstić information content (AvgIpc) is 2.37. The van der Waals surface area contributed by atoms with Crippen LogP contribution < -0.4 is 0 Å². The van der Waals surface area contributed by atoms with Crippen LogP contribution in [0.4, 0.5) is 8.78 Å². The van der Waals surface area contributed by atoms with Crippen LogP contribution in [-0.2, 0) is 6.42 Å². The Hall–Kier alpha value is -1.45. The molecular formula is C14H8Cl2F2O. The summed E-state index contributed by atoms with van der Waals surface area (Å²) >= 11 is 11.2. The Morgan fingerprint density at radius 2 is 1.79 bits per heavy atom. The van der Waals surface area contributed by atoms with Crippen molar-refractivity contribution in [1.82, 2.24) is 0 Å². The molecule has 2 rings (SSSR count). The fourth-order valence-electron chi connectivity index (χ4n) is 1.65. The molecule has 0 atom stereocenters. The highest BCUT2D eigenvalue weighted by Gasteiger charge is 2.15. The van der Waals surface area contributed by atoms with Crippen molar-refractivity contribution in [2.75, 3.05) is 0 Å². The van der Waals surface area contributed by atoms with Crippen molar-refractivity contribution < 1.29 is 13.6 Å². The second-order valence-electron chi connectivity index (χ2n) is 3.95. The lowest BCUT2D eigenvalue weighted by atomic mass is 10.0. The molecule has 0 aliphatic heterocycles. The van der Waals surface area contributed by atoms with Crippen LogP contribution in [0.3, 0.4) is 0 Å². The molecule has 2 aromatic rings. The van der Waals surface area contributed by atoms with Crippen LogP contribution in [0, 0.1) is 11.6 Å². The summed E-state index contributed by atoms with van der Waals surface area (Å²) < 4.78 is 26.6. The van der Waals surface area contributed by atoms with E-state index in [-0.39, 0.29) is 22.0 Å². The lowest BCUT2D eigenvalue weighted by Gasteiger charge is -2.05. The van der Waals surface area contributed by atoms with E-state index in [0.29, 0.717) is 5.56 Å². The van der Waals surface area contributed by atoms with Crippen LogP contribution in [0.1, 0.15) is 15.9 Å². The second kappa shape index (κ2) is 5.68. The molecule has 0 saturated carbocycles. The highest BCUT2D eigenvalue weighted by atomic mass is 35.5. The molecule has 0 spiro atoms. The highest BCUT2D eigenvalue weighted by molar-refractivity contribution is 6.31. The molecule has 0 radical (unpaired) electrons. The van der Waals surface area contributed by atoms with Gasteiger partial charge in [0.25, 0.3) is 0 Å². The van der Waals surface area contributed by atoms with Crippen molar-refractivity contribution in [2.45, 2.75) is 6.42 Å². The van der Waals surface area contributed by atoms with Gasteiger partial charge in [0.15, 0.2) is 11.6 Å². The smallest absolute Gasteiger partial charge is 0.170 e.